The lowest BCUT2D eigenvalue weighted by atomic mass is 9.68. The Hall–Kier alpha value is -1.05. The predicted molar refractivity (Wildman–Crippen MR) is 61.4 cm³/mol. The van der Waals surface area contributed by atoms with Crippen molar-refractivity contribution in [3.05, 3.63) is 24.3 Å². The van der Waals surface area contributed by atoms with E-state index in [0.29, 0.717) is 5.92 Å². The van der Waals surface area contributed by atoms with E-state index < -0.39 is 0 Å². The van der Waals surface area contributed by atoms with Crippen LogP contribution in [0.1, 0.15) is 33.1 Å². The summed E-state index contributed by atoms with van der Waals surface area (Å²) in [6.07, 6.45) is 6.75. The average molecular weight is 208 g/mol. The summed E-state index contributed by atoms with van der Waals surface area (Å²) in [5, 5.41) is 0. The molecule has 0 aliphatic heterocycles. The van der Waals surface area contributed by atoms with Crippen LogP contribution in [0.3, 0.4) is 0 Å². The first-order valence-corrected chi connectivity index (χ1v) is 5.46. The van der Waals surface area contributed by atoms with Gasteiger partial charge in [0, 0.05) is 5.57 Å². The lowest BCUT2D eigenvalue weighted by molar-refractivity contribution is -0.136. The topological polar surface area (TPSA) is 26.3 Å². The van der Waals surface area contributed by atoms with Gasteiger partial charge in [-0.1, -0.05) is 26.0 Å². The van der Waals surface area contributed by atoms with Gasteiger partial charge in [-0.2, -0.15) is 0 Å². The highest BCUT2D eigenvalue weighted by molar-refractivity contribution is 5.88. The lowest BCUT2D eigenvalue weighted by Crippen LogP contribution is -2.28. The third kappa shape index (κ3) is 2.31. The molecule has 1 aliphatic carbocycles. The molecule has 0 saturated heterocycles. The maximum atomic E-state index is 11.3. The van der Waals surface area contributed by atoms with E-state index in [2.05, 4.69) is 20.4 Å². The van der Waals surface area contributed by atoms with Crippen molar-refractivity contribution in [2.45, 2.75) is 33.1 Å². The Morgan fingerprint density at radius 1 is 1.67 bits per heavy atom. The fourth-order valence-electron chi connectivity index (χ4n) is 2.15. The molecule has 84 valence electrons. The molecule has 1 aliphatic rings. The van der Waals surface area contributed by atoms with Crippen LogP contribution in [0.2, 0.25) is 0 Å². The first-order valence-electron chi connectivity index (χ1n) is 5.46. The molecule has 0 saturated carbocycles. The summed E-state index contributed by atoms with van der Waals surface area (Å²) >= 11 is 0. The number of rotatable bonds is 3. The quantitative estimate of drug-likeness (QED) is 0.526. The number of carbonyl (C=O) groups is 1. The maximum absolute atomic E-state index is 11.3. The Morgan fingerprint density at radius 2 is 2.33 bits per heavy atom. The highest BCUT2D eigenvalue weighted by atomic mass is 16.5. The van der Waals surface area contributed by atoms with Crippen LogP contribution in [0.25, 0.3) is 0 Å². The molecule has 0 spiro atoms. The zero-order chi connectivity index (χ0) is 11.5. The highest BCUT2D eigenvalue weighted by Crippen LogP contribution is 2.42. The Balaban J connectivity index is 2.79. The fourth-order valence-corrected chi connectivity index (χ4v) is 2.15. The monoisotopic (exact) mass is 208 g/mol. The first-order chi connectivity index (χ1) is 7.05. The molecule has 0 bridgehead atoms. The van der Waals surface area contributed by atoms with Gasteiger partial charge in [0.15, 0.2) is 0 Å². The number of esters is 1. The summed E-state index contributed by atoms with van der Waals surface area (Å²) in [6.45, 7) is 8.34. The maximum Gasteiger partial charge on any atom is 0.333 e. The number of methoxy groups -OCH3 is 1. The normalized spacial score (nSPS) is 26.0. The summed E-state index contributed by atoms with van der Waals surface area (Å²) in [5.41, 5.74) is 0.980. The van der Waals surface area contributed by atoms with Crippen LogP contribution in [-0.2, 0) is 9.53 Å². The van der Waals surface area contributed by atoms with Gasteiger partial charge in [0.1, 0.15) is 0 Å². The van der Waals surface area contributed by atoms with E-state index in [1.807, 2.05) is 12.2 Å². The van der Waals surface area contributed by atoms with Gasteiger partial charge in [0.25, 0.3) is 0 Å². The Kier molecular flexibility index (Phi) is 3.72. The van der Waals surface area contributed by atoms with Crippen LogP contribution in [0.4, 0.5) is 0 Å². The first kappa shape index (κ1) is 12.0. The number of carbonyl (C=O) groups excluding carboxylic acids is 1. The molecule has 0 N–H and O–H groups in total. The van der Waals surface area contributed by atoms with E-state index in [1.54, 1.807) is 0 Å². The summed E-state index contributed by atoms with van der Waals surface area (Å²) in [7, 11) is 1.43. The van der Waals surface area contributed by atoms with E-state index in [-0.39, 0.29) is 11.4 Å². The van der Waals surface area contributed by atoms with Crippen molar-refractivity contribution in [1.82, 2.24) is 0 Å². The van der Waals surface area contributed by atoms with Gasteiger partial charge in [-0.15, -0.1) is 6.58 Å². The SMILES string of the molecule is C=CC1(C(C)C)CC=C(C(=O)OC)CC1. The van der Waals surface area contributed by atoms with Crippen molar-refractivity contribution in [1.29, 1.82) is 0 Å². The molecule has 0 fully saturated rings. The number of allylic oxidation sites excluding steroid dienone is 2. The second-order valence-electron chi connectivity index (χ2n) is 4.52. The summed E-state index contributed by atoms with van der Waals surface area (Å²) in [4.78, 5) is 11.3. The minimum Gasteiger partial charge on any atom is -0.466 e. The van der Waals surface area contributed by atoms with Gasteiger partial charge in [-0.3, -0.25) is 0 Å². The minimum absolute atomic E-state index is 0.164. The molecule has 1 rings (SSSR count). The average Bonchev–Trinajstić information content (AvgIpc) is 2.28. The van der Waals surface area contributed by atoms with Crippen LogP contribution in [0.15, 0.2) is 24.3 Å². The third-order valence-electron chi connectivity index (χ3n) is 3.59. The van der Waals surface area contributed by atoms with Crippen molar-refractivity contribution in [2.24, 2.45) is 11.3 Å². The second kappa shape index (κ2) is 4.65. The molecule has 0 radical (unpaired) electrons. The van der Waals surface area contributed by atoms with Crippen molar-refractivity contribution in [2.75, 3.05) is 7.11 Å². The molecule has 0 aromatic rings. The molecule has 0 aromatic carbocycles. The number of hydrogen-bond acceptors (Lipinski definition) is 2. The smallest absolute Gasteiger partial charge is 0.333 e. The molecule has 15 heavy (non-hydrogen) atoms. The van der Waals surface area contributed by atoms with Crippen molar-refractivity contribution in [3.8, 4) is 0 Å². The summed E-state index contributed by atoms with van der Waals surface area (Å²) in [6, 6.07) is 0. The van der Waals surface area contributed by atoms with E-state index in [0.717, 1.165) is 24.8 Å². The van der Waals surface area contributed by atoms with Crippen molar-refractivity contribution in [3.63, 3.8) is 0 Å². The Labute approximate surface area is 92.0 Å². The molecule has 0 heterocycles. The van der Waals surface area contributed by atoms with Crippen LogP contribution in [-0.4, -0.2) is 13.1 Å². The standard InChI is InChI=1S/C13H20O2/c1-5-13(10(2)3)8-6-11(7-9-13)12(14)15-4/h5-6,10H,1,7-9H2,2-4H3. The molecule has 0 amide bonds. The van der Waals surface area contributed by atoms with Gasteiger partial charge >= 0.3 is 5.97 Å². The van der Waals surface area contributed by atoms with Gasteiger partial charge in [-0.25, -0.2) is 4.79 Å². The lowest BCUT2D eigenvalue weighted by Gasteiger charge is -2.37. The molecule has 1 atom stereocenters. The minimum atomic E-state index is -0.184. The van der Waals surface area contributed by atoms with Crippen LogP contribution in [0.5, 0.6) is 0 Å². The van der Waals surface area contributed by atoms with Crippen LogP contribution >= 0.6 is 0 Å². The number of ether oxygens (including phenoxy) is 1. The highest BCUT2D eigenvalue weighted by Gasteiger charge is 2.33. The summed E-state index contributed by atoms with van der Waals surface area (Å²) in [5.74, 6) is 0.377. The van der Waals surface area contributed by atoms with Gasteiger partial charge < -0.3 is 4.74 Å². The fraction of sp³-hybridized carbons (Fsp3) is 0.615. The van der Waals surface area contributed by atoms with E-state index in [1.165, 1.54) is 7.11 Å². The molecular formula is C13H20O2. The Bertz CT molecular complexity index is 289. The van der Waals surface area contributed by atoms with Gasteiger partial charge in [0.2, 0.25) is 0 Å². The second-order valence-corrected chi connectivity index (χ2v) is 4.52. The third-order valence-corrected chi connectivity index (χ3v) is 3.59. The molecular weight excluding hydrogens is 188 g/mol. The summed E-state index contributed by atoms with van der Waals surface area (Å²) < 4.78 is 4.72. The largest absolute Gasteiger partial charge is 0.466 e. The van der Waals surface area contributed by atoms with Crippen LogP contribution < -0.4 is 0 Å². The Morgan fingerprint density at radius 3 is 2.67 bits per heavy atom. The zero-order valence-electron chi connectivity index (χ0n) is 9.88. The van der Waals surface area contributed by atoms with Gasteiger partial charge in [-0.05, 0) is 30.6 Å². The zero-order valence-corrected chi connectivity index (χ0v) is 9.88. The molecule has 1 unspecified atom stereocenters. The van der Waals surface area contributed by atoms with E-state index in [4.69, 9.17) is 4.74 Å². The number of hydrogen-bond donors (Lipinski definition) is 0. The predicted octanol–water partition coefficient (Wildman–Crippen LogP) is 3.10. The molecule has 0 aromatic heterocycles. The van der Waals surface area contributed by atoms with Gasteiger partial charge in [0.05, 0.1) is 7.11 Å². The molecule has 2 nitrogen and oxygen atoms in total. The molecule has 2 heteroatoms. The van der Waals surface area contributed by atoms with Crippen molar-refractivity contribution >= 4 is 5.97 Å². The van der Waals surface area contributed by atoms with Crippen LogP contribution in [0, 0.1) is 11.3 Å². The van der Waals surface area contributed by atoms with E-state index in [9.17, 15) is 4.79 Å². The van der Waals surface area contributed by atoms with Crippen molar-refractivity contribution < 1.29 is 9.53 Å². The van der Waals surface area contributed by atoms with E-state index >= 15 is 0 Å².